The number of likely N-dealkylation sites (tertiary alicyclic amines) is 1. The van der Waals surface area contributed by atoms with Crippen molar-refractivity contribution in [3.05, 3.63) is 29.7 Å². The number of hydrogen-bond acceptors (Lipinski definition) is 9. The quantitative estimate of drug-likeness (QED) is 0.369. The second-order valence-corrected chi connectivity index (χ2v) is 11.6. The first-order valence-electron chi connectivity index (χ1n) is 14.2. The van der Waals surface area contributed by atoms with Crippen molar-refractivity contribution >= 4 is 18.1 Å². The molecule has 2 aromatic rings. The van der Waals surface area contributed by atoms with Gasteiger partial charge in [-0.25, -0.2) is 14.6 Å². The molecular formula is C29H38F2N4O8. The maximum absolute atomic E-state index is 13.5. The molecule has 1 unspecified atom stereocenters. The van der Waals surface area contributed by atoms with Gasteiger partial charge in [-0.1, -0.05) is 0 Å². The number of ether oxygens (including phenoxy) is 4. The summed E-state index contributed by atoms with van der Waals surface area (Å²) >= 11 is 0. The largest absolute Gasteiger partial charge is 0.489 e. The number of hydrogen-bond donors (Lipinski definition) is 2. The fourth-order valence-electron chi connectivity index (χ4n) is 4.49. The SMILES string of the molecule is COC(=O)N1CCC(NC(=O)c2nc(-c3ccc(OC(F)F)c(OCC4CC4)c3)oc2C(C)NC(=O)OC(C)(C)C)CC1. The average molecular weight is 609 g/mol. The third kappa shape index (κ3) is 8.94. The van der Waals surface area contributed by atoms with Crippen LogP contribution in [0.15, 0.2) is 22.6 Å². The van der Waals surface area contributed by atoms with Crippen molar-refractivity contribution in [2.45, 2.75) is 77.7 Å². The third-order valence-electron chi connectivity index (χ3n) is 6.84. The molecule has 0 bridgehead atoms. The normalized spacial score (nSPS) is 16.4. The highest BCUT2D eigenvalue weighted by Crippen LogP contribution is 2.37. The highest BCUT2D eigenvalue weighted by molar-refractivity contribution is 5.94. The van der Waals surface area contributed by atoms with Crippen molar-refractivity contribution in [3.8, 4) is 23.0 Å². The highest BCUT2D eigenvalue weighted by Gasteiger charge is 2.31. The fraction of sp³-hybridized carbons (Fsp3) is 0.586. The summed E-state index contributed by atoms with van der Waals surface area (Å²) in [5, 5.41) is 5.60. The number of carbonyl (C=O) groups excluding carboxylic acids is 3. The van der Waals surface area contributed by atoms with Crippen LogP contribution < -0.4 is 20.1 Å². The van der Waals surface area contributed by atoms with Crippen LogP contribution in [0, 0.1) is 5.92 Å². The predicted octanol–water partition coefficient (Wildman–Crippen LogP) is 5.28. The molecule has 2 aliphatic rings. The number of carbonyl (C=O) groups is 3. The summed E-state index contributed by atoms with van der Waals surface area (Å²) < 4.78 is 52.6. The Balaban J connectivity index is 1.60. The molecule has 2 fully saturated rings. The van der Waals surface area contributed by atoms with Gasteiger partial charge in [0.15, 0.2) is 23.0 Å². The van der Waals surface area contributed by atoms with Crippen LogP contribution in [0.3, 0.4) is 0 Å². The Bertz CT molecular complexity index is 1300. The van der Waals surface area contributed by atoms with E-state index >= 15 is 0 Å². The maximum Gasteiger partial charge on any atom is 0.409 e. The van der Waals surface area contributed by atoms with Gasteiger partial charge in [0.25, 0.3) is 5.91 Å². The summed E-state index contributed by atoms with van der Waals surface area (Å²) in [6.07, 6.45) is 1.84. The van der Waals surface area contributed by atoms with Crippen molar-refractivity contribution in [1.29, 1.82) is 0 Å². The van der Waals surface area contributed by atoms with Crippen molar-refractivity contribution in [2.75, 3.05) is 26.8 Å². The molecule has 2 heterocycles. The van der Waals surface area contributed by atoms with Gasteiger partial charge in [-0.05, 0) is 77.5 Å². The van der Waals surface area contributed by atoms with Crippen LogP contribution in [-0.2, 0) is 9.47 Å². The second kappa shape index (κ2) is 13.5. The number of benzene rings is 1. The highest BCUT2D eigenvalue weighted by atomic mass is 19.3. The van der Waals surface area contributed by atoms with Gasteiger partial charge in [0, 0.05) is 24.7 Å². The minimum Gasteiger partial charge on any atom is -0.489 e. The summed E-state index contributed by atoms with van der Waals surface area (Å²) in [5.74, 6) is -0.152. The number of aromatic nitrogens is 1. The fourth-order valence-corrected chi connectivity index (χ4v) is 4.49. The molecule has 0 radical (unpaired) electrons. The van der Waals surface area contributed by atoms with Crippen LogP contribution in [0.1, 0.15) is 75.7 Å². The minimum atomic E-state index is -3.04. The number of nitrogens with zero attached hydrogens (tertiary/aromatic N) is 2. The number of methoxy groups -OCH3 is 1. The van der Waals surface area contributed by atoms with Crippen LogP contribution in [0.25, 0.3) is 11.5 Å². The van der Waals surface area contributed by atoms with Gasteiger partial charge in [0.1, 0.15) is 5.60 Å². The molecule has 1 aromatic carbocycles. The van der Waals surface area contributed by atoms with E-state index in [1.165, 1.54) is 25.3 Å². The molecule has 1 aromatic heterocycles. The summed E-state index contributed by atoms with van der Waals surface area (Å²) in [4.78, 5) is 43.8. The topological polar surface area (TPSA) is 141 Å². The van der Waals surface area contributed by atoms with E-state index in [4.69, 9.17) is 18.6 Å². The zero-order chi connectivity index (χ0) is 31.3. The summed E-state index contributed by atoms with van der Waals surface area (Å²) in [6, 6.07) is 3.18. The zero-order valence-corrected chi connectivity index (χ0v) is 24.9. The van der Waals surface area contributed by atoms with E-state index in [1.54, 1.807) is 32.6 Å². The lowest BCUT2D eigenvalue weighted by Crippen LogP contribution is -2.46. The van der Waals surface area contributed by atoms with Crippen molar-refractivity contribution in [2.24, 2.45) is 5.92 Å². The van der Waals surface area contributed by atoms with E-state index in [0.29, 0.717) is 44.0 Å². The molecule has 1 atom stereocenters. The Morgan fingerprint density at radius 3 is 2.42 bits per heavy atom. The second-order valence-electron chi connectivity index (χ2n) is 11.6. The number of amides is 3. The number of nitrogens with one attached hydrogen (secondary N) is 2. The predicted molar refractivity (Wildman–Crippen MR) is 149 cm³/mol. The Hall–Kier alpha value is -4.10. The van der Waals surface area contributed by atoms with E-state index in [0.717, 1.165) is 12.8 Å². The van der Waals surface area contributed by atoms with E-state index in [2.05, 4.69) is 20.4 Å². The van der Waals surface area contributed by atoms with Gasteiger partial charge in [-0.2, -0.15) is 8.78 Å². The Morgan fingerprint density at radius 1 is 1.12 bits per heavy atom. The summed E-state index contributed by atoms with van der Waals surface area (Å²) in [6.45, 7) is 4.89. The molecule has 12 nitrogen and oxygen atoms in total. The summed E-state index contributed by atoms with van der Waals surface area (Å²) in [7, 11) is 1.31. The molecular weight excluding hydrogens is 570 g/mol. The van der Waals surface area contributed by atoms with E-state index < -0.39 is 36.3 Å². The molecule has 14 heteroatoms. The van der Waals surface area contributed by atoms with E-state index in [1.807, 2.05) is 0 Å². The smallest absolute Gasteiger partial charge is 0.409 e. The first-order valence-corrected chi connectivity index (χ1v) is 14.2. The third-order valence-corrected chi connectivity index (χ3v) is 6.84. The van der Waals surface area contributed by atoms with Gasteiger partial charge in [-0.15, -0.1) is 0 Å². The van der Waals surface area contributed by atoms with Gasteiger partial charge >= 0.3 is 18.8 Å². The number of rotatable bonds is 10. The average Bonchev–Trinajstić information content (AvgIpc) is 3.65. The number of halogens is 2. The van der Waals surface area contributed by atoms with Gasteiger partial charge < -0.3 is 38.9 Å². The molecule has 0 spiro atoms. The van der Waals surface area contributed by atoms with Crippen molar-refractivity contribution < 1.29 is 46.5 Å². The molecule has 4 rings (SSSR count). The Morgan fingerprint density at radius 2 is 1.81 bits per heavy atom. The number of alkyl halides is 2. The van der Waals surface area contributed by atoms with Gasteiger partial charge in [0.05, 0.1) is 19.8 Å². The molecule has 1 aliphatic heterocycles. The van der Waals surface area contributed by atoms with Crippen molar-refractivity contribution in [3.63, 3.8) is 0 Å². The van der Waals surface area contributed by atoms with Crippen LogP contribution in [0.2, 0.25) is 0 Å². The molecule has 2 N–H and O–H groups in total. The number of piperidine rings is 1. The van der Waals surface area contributed by atoms with E-state index in [9.17, 15) is 23.2 Å². The first kappa shape index (κ1) is 31.8. The lowest BCUT2D eigenvalue weighted by Gasteiger charge is -2.31. The van der Waals surface area contributed by atoms with Crippen LogP contribution in [0.4, 0.5) is 18.4 Å². The zero-order valence-electron chi connectivity index (χ0n) is 24.9. The number of oxazole rings is 1. The number of alkyl carbamates (subject to hydrolysis) is 1. The maximum atomic E-state index is 13.5. The van der Waals surface area contributed by atoms with Crippen LogP contribution >= 0.6 is 0 Å². The molecule has 1 aliphatic carbocycles. The lowest BCUT2D eigenvalue weighted by molar-refractivity contribution is -0.0515. The molecule has 43 heavy (non-hydrogen) atoms. The monoisotopic (exact) mass is 608 g/mol. The van der Waals surface area contributed by atoms with Gasteiger partial charge in [-0.3, -0.25) is 4.79 Å². The molecule has 1 saturated carbocycles. The standard InChI is InChI=1S/C29H38F2N4O8/c1-16(32-27(37)43-29(2,3)4)23-22(24(36)33-19-10-12-35(13-11-19)28(38)39-5)34-25(42-23)18-8-9-20(41-26(30)31)21(14-18)40-15-17-6-7-17/h8-9,14,16-17,19,26H,6-7,10-13,15H2,1-5H3,(H,32,37)(H,33,36). The van der Waals surface area contributed by atoms with E-state index in [-0.39, 0.29) is 34.9 Å². The molecule has 236 valence electrons. The molecule has 3 amide bonds. The minimum absolute atomic E-state index is 0.0124. The van der Waals surface area contributed by atoms with Crippen LogP contribution in [-0.4, -0.2) is 73.0 Å². The lowest BCUT2D eigenvalue weighted by atomic mass is 10.0. The van der Waals surface area contributed by atoms with Crippen LogP contribution in [0.5, 0.6) is 11.5 Å². The summed E-state index contributed by atoms with van der Waals surface area (Å²) in [5.41, 5.74) is -0.472. The Kier molecular flexibility index (Phi) is 9.97. The molecule has 1 saturated heterocycles. The first-order chi connectivity index (χ1) is 20.3. The van der Waals surface area contributed by atoms with Gasteiger partial charge in [0.2, 0.25) is 5.89 Å². The Labute approximate surface area is 248 Å². The van der Waals surface area contributed by atoms with Crippen molar-refractivity contribution in [1.82, 2.24) is 20.5 Å².